The average Bonchev–Trinajstić information content (AvgIpc) is 3.04. The molecule has 0 spiro atoms. The number of aliphatic carboxylic acids is 1. The van der Waals surface area contributed by atoms with E-state index in [0.717, 1.165) is 16.4 Å². The Balaban J connectivity index is 1.96. The third-order valence-corrected chi connectivity index (χ3v) is 6.86. The van der Waals surface area contributed by atoms with Gasteiger partial charge in [0.05, 0.1) is 11.3 Å². The number of hydrogen-bond acceptors (Lipinski definition) is 5. The fourth-order valence-electron chi connectivity index (χ4n) is 3.37. The first-order valence-corrected chi connectivity index (χ1v) is 10.7. The van der Waals surface area contributed by atoms with Gasteiger partial charge in [-0.05, 0) is 48.4 Å². The zero-order chi connectivity index (χ0) is 21.9. The van der Waals surface area contributed by atoms with Crippen LogP contribution in [-0.4, -0.2) is 58.2 Å². The van der Waals surface area contributed by atoms with E-state index in [4.69, 9.17) is 5.11 Å². The van der Waals surface area contributed by atoms with Gasteiger partial charge in [-0.2, -0.15) is 4.31 Å². The van der Waals surface area contributed by atoms with E-state index in [1.807, 2.05) is 0 Å². The number of hydrogen-bond donors (Lipinski definition) is 2. The van der Waals surface area contributed by atoms with E-state index >= 15 is 0 Å². The second-order valence-electron chi connectivity index (χ2n) is 6.89. The number of pyridine rings is 1. The van der Waals surface area contributed by atoms with Crippen molar-refractivity contribution in [3.63, 3.8) is 0 Å². The second-order valence-corrected chi connectivity index (χ2v) is 8.89. The molecule has 8 nitrogen and oxygen atoms in total. The summed E-state index contributed by atoms with van der Waals surface area (Å²) in [5.74, 6) is -1.53. The summed E-state index contributed by atoms with van der Waals surface area (Å²) in [5, 5.41) is 19.3. The first-order chi connectivity index (χ1) is 14.2. The number of carboxylic acid groups (broad SMARTS) is 1. The predicted molar refractivity (Wildman–Crippen MR) is 108 cm³/mol. The molecule has 0 unspecified atom stereocenters. The molecule has 2 heterocycles. The Labute approximate surface area is 173 Å². The quantitative estimate of drug-likeness (QED) is 0.531. The van der Waals surface area contributed by atoms with Gasteiger partial charge in [0.25, 0.3) is 0 Å². The van der Waals surface area contributed by atoms with Crippen molar-refractivity contribution >= 4 is 27.0 Å². The van der Waals surface area contributed by atoms with Crippen LogP contribution in [0.5, 0.6) is 0 Å². The number of sulfonamides is 1. The molecule has 0 radical (unpaired) electrons. The van der Waals surface area contributed by atoms with Gasteiger partial charge in [0.15, 0.2) is 0 Å². The topological polar surface area (TPSA) is 113 Å². The first-order valence-electron chi connectivity index (χ1n) is 9.23. The number of carbonyl (C=O) groups is 1. The van der Waals surface area contributed by atoms with E-state index in [1.165, 1.54) is 19.2 Å². The van der Waals surface area contributed by atoms with Crippen LogP contribution in [0.2, 0.25) is 0 Å². The SMILES string of the molecule is CN([C@H](CCO)Cn1cc(CC(=O)O)c2cccnc21)S(=O)(=O)c1ccc(F)cc1. The van der Waals surface area contributed by atoms with Crippen LogP contribution in [-0.2, 0) is 27.8 Å². The van der Waals surface area contributed by atoms with Gasteiger partial charge in [-0.3, -0.25) is 4.79 Å². The number of nitrogens with zero attached hydrogens (tertiary/aromatic N) is 3. The van der Waals surface area contributed by atoms with Crippen molar-refractivity contribution in [3.05, 3.63) is 60.2 Å². The lowest BCUT2D eigenvalue weighted by molar-refractivity contribution is -0.136. The number of likely N-dealkylation sites (N-methyl/N-ethyl adjacent to an activating group) is 1. The lowest BCUT2D eigenvalue weighted by atomic mass is 10.2. The van der Waals surface area contributed by atoms with Crippen molar-refractivity contribution in [1.82, 2.24) is 13.9 Å². The van der Waals surface area contributed by atoms with Crippen LogP contribution in [0.1, 0.15) is 12.0 Å². The number of carboxylic acids is 1. The molecule has 0 saturated carbocycles. The molecular formula is C20H22FN3O5S. The van der Waals surface area contributed by atoms with Crippen molar-refractivity contribution < 1.29 is 27.8 Å². The molecule has 0 aliphatic heterocycles. The van der Waals surface area contributed by atoms with Crippen LogP contribution < -0.4 is 0 Å². The van der Waals surface area contributed by atoms with Crippen molar-refractivity contribution in [1.29, 1.82) is 0 Å². The van der Waals surface area contributed by atoms with Crippen LogP contribution in [0.15, 0.2) is 53.7 Å². The summed E-state index contributed by atoms with van der Waals surface area (Å²) < 4.78 is 42.0. The van der Waals surface area contributed by atoms with Gasteiger partial charge in [-0.15, -0.1) is 0 Å². The summed E-state index contributed by atoms with van der Waals surface area (Å²) in [5.41, 5.74) is 1.10. The van der Waals surface area contributed by atoms with Crippen molar-refractivity contribution in [2.45, 2.75) is 30.3 Å². The van der Waals surface area contributed by atoms with Crippen LogP contribution in [0.4, 0.5) is 4.39 Å². The molecule has 1 atom stereocenters. The van der Waals surface area contributed by atoms with E-state index < -0.39 is 27.9 Å². The third-order valence-electron chi connectivity index (χ3n) is 4.93. The molecule has 2 aromatic heterocycles. The van der Waals surface area contributed by atoms with Crippen molar-refractivity contribution in [3.8, 4) is 0 Å². The number of aromatic nitrogens is 2. The molecule has 0 bridgehead atoms. The lowest BCUT2D eigenvalue weighted by Crippen LogP contribution is -2.40. The molecule has 0 saturated heterocycles. The molecule has 30 heavy (non-hydrogen) atoms. The van der Waals surface area contributed by atoms with Crippen molar-refractivity contribution in [2.24, 2.45) is 0 Å². The first kappa shape index (κ1) is 21.9. The molecule has 10 heteroatoms. The maximum absolute atomic E-state index is 13.2. The van der Waals surface area contributed by atoms with Crippen LogP contribution >= 0.6 is 0 Å². The van der Waals surface area contributed by atoms with E-state index in [2.05, 4.69) is 4.98 Å². The Kier molecular flexibility index (Phi) is 6.49. The normalized spacial score (nSPS) is 13.1. The monoisotopic (exact) mass is 435 g/mol. The maximum atomic E-state index is 13.2. The Morgan fingerprint density at radius 3 is 2.60 bits per heavy atom. The van der Waals surface area contributed by atoms with Gasteiger partial charge < -0.3 is 14.8 Å². The zero-order valence-electron chi connectivity index (χ0n) is 16.3. The predicted octanol–water partition coefficient (Wildman–Crippen LogP) is 1.87. The Morgan fingerprint density at radius 2 is 1.97 bits per heavy atom. The van der Waals surface area contributed by atoms with E-state index in [1.54, 1.807) is 29.1 Å². The molecule has 3 aromatic rings. The summed E-state index contributed by atoms with van der Waals surface area (Å²) in [6.45, 7) is -0.0901. The number of aliphatic hydroxyl groups is 1. The Morgan fingerprint density at radius 1 is 1.27 bits per heavy atom. The summed E-state index contributed by atoms with van der Waals surface area (Å²) in [6, 6.07) is 7.35. The van der Waals surface area contributed by atoms with E-state index in [0.29, 0.717) is 16.6 Å². The molecular weight excluding hydrogens is 413 g/mol. The average molecular weight is 435 g/mol. The molecule has 0 aliphatic carbocycles. The largest absolute Gasteiger partial charge is 0.481 e. The number of halogens is 1. The highest BCUT2D eigenvalue weighted by molar-refractivity contribution is 7.89. The number of fused-ring (bicyclic) bond motifs is 1. The number of aliphatic hydroxyl groups excluding tert-OH is 1. The summed E-state index contributed by atoms with van der Waals surface area (Å²) >= 11 is 0. The highest BCUT2D eigenvalue weighted by atomic mass is 32.2. The van der Waals surface area contributed by atoms with Crippen LogP contribution in [0, 0.1) is 5.82 Å². The number of benzene rings is 1. The van der Waals surface area contributed by atoms with E-state index in [-0.39, 0.29) is 30.9 Å². The molecule has 1 aromatic carbocycles. The van der Waals surface area contributed by atoms with Gasteiger partial charge in [0.2, 0.25) is 10.0 Å². The molecule has 160 valence electrons. The minimum atomic E-state index is -3.94. The Hall–Kier alpha value is -2.82. The molecule has 0 fully saturated rings. The number of rotatable bonds is 9. The summed E-state index contributed by atoms with van der Waals surface area (Å²) in [7, 11) is -2.54. The van der Waals surface area contributed by atoms with Gasteiger partial charge in [-0.1, -0.05) is 0 Å². The standard InChI is InChI=1S/C20H22FN3O5S/c1-23(30(28,29)17-6-4-15(21)5-7-17)16(8-10-25)13-24-12-14(11-19(26)27)18-3-2-9-22-20(18)24/h2-7,9,12,16,25H,8,10-11,13H2,1H3,(H,26,27)/t16-/m1/s1. The molecule has 0 aliphatic rings. The minimum Gasteiger partial charge on any atom is -0.481 e. The zero-order valence-corrected chi connectivity index (χ0v) is 17.1. The van der Waals surface area contributed by atoms with Crippen LogP contribution in [0.3, 0.4) is 0 Å². The van der Waals surface area contributed by atoms with Crippen molar-refractivity contribution in [2.75, 3.05) is 13.7 Å². The maximum Gasteiger partial charge on any atom is 0.307 e. The highest BCUT2D eigenvalue weighted by Crippen LogP contribution is 2.24. The fourth-order valence-corrected chi connectivity index (χ4v) is 4.75. The summed E-state index contributed by atoms with van der Waals surface area (Å²) in [4.78, 5) is 15.4. The molecule has 0 amide bonds. The van der Waals surface area contributed by atoms with Gasteiger partial charge in [0, 0.05) is 44.0 Å². The van der Waals surface area contributed by atoms with Gasteiger partial charge in [-0.25, -0.2) is 17.8 Å². The van der Waals surface area contributed by atoms with Gasteiger partial charge >= 0.3 is 5.97 Å². The smallest absolute Gasteiger partial charge is 0.307 e. The van der Waals surface area contributed by atoms with E-state index in [9.17, 15) is 22.7 Å². The third kappa shape index (κ3) is 4.50. The van der Waals surface area contributed by atoms with Crippen LogP contribution in [0.25, 0.3) is 11.0 Å². The minimum absolute atomic E-state index is 0.0589. The Bertz CT molecular complexity index is 1140. The fraction of sp³-hybridized carbons (Fsp3) is 0.300. The highest BCUT2D eigenvalue weighted by Gasteiger charge is 2.29. The van der Waals surface area contributed by atoms with Gasteiger partial charge in [0.1, 0.15) is 11.5 Å². The molecule has 3 rings (SSSR count). The molecule has 2 N–H and O–H groups in total. The summed E-state index contributed by atoms with van der Waals surface area (Å²) in [6.07, 6.45) is 3.18. The lowest BCUT2D eigenvalue weighted by Gasteiger charge is -2.27. The second kappa shape index (κ2) is 8.90.